The Balaban J connectivity index is 2.03. The van der Waals surface area contributed by atoms with Gasteiger partial charge in [-0.1, -0.05) is 32.9 Å². The molecule has 152 valence electrons. The fraction of sp³-hybridized carbons (Fsp3) is 0.476. The number of nitrogens with one attached hydrogen (secondary N) is 2. The molecule has 0 saturated heterocycles. The van der Waals surface area contributed by atoms with E-state index in [1.165, 1.54) is 16.9 Å². The van der Waals surface area contributed by atoms with Crippen LogP contribution in [0.15, 0.2) is 29.6 Å². The third-order valence-electron chi connectivity index (χ3n) is 4.34. The molecule has 2 N–H and O–H groups in total. The SMILES string of the molecule is CCCNC(=O)c1csc(CN(C(=O)Nc2ccc(C(C)C)cc2)C(C)C)n1. The topological polar surface area (TPSA) is 74.3 Å². The van der Waals surface area contributed by atoms with E-state index in [2.05, 4.69) is 29.5 Å². The number of amides is 3. The number of urea groups is 1. The molecule has 0 aliphatic carbocycles. The Morgan fingerprint density at radius 3 is 2.39 bits per heavy atom. The first-order chi connectivity index (χ1) is 13.3. The molecule has 0 aliphatic heterocycles. The molecule has 1 aromatic heterocycles. The van der Waals surface area contributed by atoms with Crippen molar-refractivity contribution in [3.63, 3.8) is 0 Å². The number of rotatable bonds is 8. The lowest BCUT2D eigenvalue weighted by molar-refractivity contribution is 0.0949. The fourth-order valence-corrected chi connectivity index (χ4v) is 3.37. The Bertz CT molecular complexity index is 784. The minimum atomic E-state index is -0.181. The number of thiazole rings is 1. The maximum absolute atomic E-state index is 12.8. The van der Waals surface area contributed by atoms with E-state index in [9.17, 15) is 9.59 Å². The minimum Gasteiger partial charge on any atom is -0.351 e. The predicted molar refractivity (Wildman–Crippen MR) is 115 cm³/mol. The van der Waals surface area contributed by atoms with E-state index in [1.54, 1.807) is 10.3 Å². The Kier molecular flexibility index (Phi) is 7.99. The van der Waals surface area contributed by atoms with E-state index in [4.69, 9.17) is 0 Å². The molecule has 2 rings (SSSR count). The summed E-state index contributed by atoms with van der Waals surface area (Å²) in [5.41, 5.74) is 2.40. The molecule has 28 heavy (non-hydrogen) atoms. The largest absolute Gasteiger partial charge is 0.351 e. The minimum absolute atomic E-state index is 0.00351. The quantitative estimate of drug-likeness (QED) is 0.663. The third kappa shape index (κ3) is 6.05. The number of aromatic nitrogens is 1. The maximum Gasteiger partial charge on any atom is 0.322 e. The van der Waals surface area contributed by atoms with Crippen LogP contribution in [-0.2, 0) is 6.54 Å². The lowest BCUT2D eigenvalue weighted by Gasteiger charge is -2.26. The predicted octanol–water partition coefficient (Wildman–Crippen LogP) is 4.85. The second kappa shape index (κ2) is 10.2. The average Bonchev–Trinajstić information content (AvgIpc) is 3.13. The molecular weight excluding hydrogens is 372 g/mol. The van der Waals surface area contributed by atoms with Crippen LogP contribution in [-0.4, -0.2) is 34.4 Å². The van der Waals surface area contributed by atoms with Gasteiger partial charge >= 0.3 is 6.03 Å². The first-order valence-electron chi connectivity index (χ1n) is 9.72. The van der Waals surface area contributed by atoms with E-state index < -0.39 is 0 Å². The molecular formula is C21H30N4O2S. The van der Waals surface area contributed by atoms with Crippen LogP contribution < -0.4 is 10.6 Å². The van der Waals surface area contributed by atoms with E-state index >= 15 is 0 Å². The molecule has 0 aliphatic rings. The summed E-state index contributed by atoms with van der Waals surface area (Å²) in [6.07, 6.45) is 0.877. The van der Waals surface area contributed by atoms with Crippen LogP contribution in [0.5, 0.6) is 0 Å². The summed E-state index contributed by atoms with van der Waals surface area (Å²) in [6, 6.07) is 7.72. The molecule has 7 heteroatoms. The molecule has 3 amide bonds. The molecule has 6 nitrogen and oxygen atoms in total. The fourth-order valence-electron chi connectivity index (χ4n) is 2.60. The van der Waals surface area contributed by atoms with Crippen LogP contribution in [0.25, 0.3) is 0 Å². The van der Waals surface area contributed by atoms with Gasteiger partial charge in [0.15, 0.2) is 0 Å². The highest BCUT2D eigenvalue weighted by Gasteiger charge is 2.20. The van der Waals surface area contributed by atoms with E-state index in [0.29, 0.717) is 24.7 Å². The first kappa shape index (κ1) is 21.9. The van der Waals surface area contributed by atoms with Crippen molar-refractivity contribution in [3.05, 3.63) is 45.9 Å². The van der Waals surface area contributed by atoms with Crippen molar-refractivity contribution < 1.29 is 9.59 Å². The lowest BCUT2D eigenvalue weighted by atomic mass is 10.0. The maximum atomic E-state index is 12.8. The summed E-state index contributed by atoms with van der Waals surface area (Å²) in [7, 11) is 0. The van der Waals surface area contributed by atoms with Crippen LogP contribution >= 0.6 is 11.3 Å². The van der Waals surface area contributed by atoms with Gasteiger partial charge in [-0.15, -0.1) is 11.3 Å². The summed E-state index contributed by atoms with van der Waals surface area (Å²) in [4.78, 5) is 30.9. The van der Waals surface area contributed by atoms with Gasteiger partial charge in [0, 0.05) is 23.7 Å². The van der Waals surface area contributed by atoms with Crippen molar-refractivity contribution in [1.82, 2.24) is 15.2 Å². The summed E-state index contributed by atoms with van der Waals surface area (Å²) >= 11 is 1.39. The number of nitrogens with zero attached hydrogens (tertiary/aromatic N) is 2. The van der Waals surface area contributed by atoms with Crippen molar-refractivity contribution >= 4 is 29.0 Å². The summed E-state index contributed by atoms with van der Waals surface area (Å²) in [5, 5.41) is 8.24. The van der Waals surface area contributed by atoms with Gasteiger partial charge in [0.05, 0.1) is 6.54 Å². The second-order valence-electron chi connectivity index (χ2n) is 7.31. The second-order valence-corrected chi connectivity index (χ2v) is 8.25. The summed E-state index contributed by atoms with van der Waals surface area (Å²) in [6.45, 7) is 11.2. The van der Waals surface area contributed by atoms with Crippen molar-refractivity contribution in [2.24, 2.45) is 0 Å². The summed E-state index contributed by atoms with van der Waals surface area (Å²) in [5.74, 6) is 0.278. The third-order valence-corrected chi connectivity index (χ3v) is 5.17. The molecule has 2 aromatic rings. The molecule has 0 unspecified atom stereocenters. The molecule has 0 spiro atoms. The van der Waals surface area contributed by atoms with E-state index in [-0.39, 0.29) is 18.0 Å². The van der Waals surface area contributed by atoms with Crippen molar-refractivity contribution in [3.8, 4) is 0 Å². The van der Waals surface area contributed by atoms with Crippen LogP contribution in [0, 0.1) is 0 Å². The van der Waals surface area contributed by atoms with Gasteiger partial charge < -0.3 is 15.5 Å². The highest BCUT2D eigenvalue weighted by molar-refractivity contribution is 7.09. The van der Waals surface area contributed by atoms with Crippen LogP contribution in [0.4, 0.5) is 10.5 Å². The van der Waals surface area contributed by atoms with E-state index in [1.807, 2.05) is 45.0 Å². The molecule has 0 atom stereocenters. The monoisotopic (exact) mass is 402 g/mol. The smallest absolute Gasteiger partial charge is 0.322 e. The van der Waals surface area contributed by atoms with Crippen molar-refractivity contribution in [2.45, 2.75) is 59.5 Å². The van der Waals surface area contributed by atoms with Gasteiger partial charge in [-0.05, 0) is 43.9 Å². The van der Waals surface area contributed by atoms with Gasteiger partial charge in [-0.25, -0.2) is 9.78 Å². The Morgan fingerprint density at radius 2 is 1.82 bits per heavy atom. The van der Waals surface area contributed by atoms with E-state index in [0.717, 1.165) is 17.1 Å². The number of anilines is 1. The van der Waals surface area contributed by atoms with Crippen molar-refractivity contribution in [2.75, 3.05) is 11.9 Å². The Hall–Kier alpha value is -2.41. The molecule has 0 bridgehead atoms. The zero-order valence-corrected chi connectivity index (χ0v) is 18.1. The van der Waals surface area contributed by atoms with Gasteiger partial charge in [0.2, 0.25) is 0 Å². The number of carbonyl (C=O) groups is 2. The number of carbonyl (C=O) groups excluding carboxylic acids is 2. The Labute approximate surface area is 171 Å². The summed E-state index contributed by atoms with van der Waals surface area (Å²) < 4.78 is 0. The van der Waals surface area contributed by atoms with Gasteiger partial charge in [0.1, 0.15) is 10.7 Å². The zero-order valence-electron chi connectivity index (χ0n) is 17.3. The highest BCUT2D eigenvalue weighted by Crippen LogP contribution is 2.19. The zero-order chi connectivity index (χ0) is 20.7. The molecule has 0 radical (unpaired) electrons. The molecule has 0 fully saturated rings. The normalized spacial score (nSPS) is 11.0. The van der Waals surface area contributed by atoms with Crippen LogP contribution in [0.2, 0.25) is 0 Å². The van der Waals surface area contributed by atoms with Gasteiger partial charge in [-0.3, -0.25) is 4.79 Å². The number of hydrogen-bond donors (Lipinski definition) is 2. The molecule has 0 saturated carbocycles. The lowest BCUT2D eigenvalue weighted by Crippen LogP contribution is -2.39. The van der Waals surface area contributed by atoms with Crippen molar-refractivity contribution in [1.29, 1.82) is 0 Å². The number of benzene rings is 1. The average molecular weight is 403 g/mol. The molecule has 1 heterocycles. The highest BCUT2D eigenvalue weighted by atomic mass is 32.1. The first-order valence-corrected chi connectivity index (χ1v) is 10.6. The van der Waals surface area contributed by atoms with Gasteiger partial charge in [-0.2, -0.15) is 0 Å². The standard InChI is InChI=1S/C21H30N4O2S/c1-6-11-22-20(26)18-13-28-19(24-18)12-25(15(4)5)21(27)23-17-9-7-16(8-10-17)14(2)3/h7-10,13-15H,6,11-12H2,1-5H3,(H,22,26)(H,23,27). The molecule has 1 aromatic carbocycles. The number of hydrogen-bond acceptors (Lipinski definition) is 4. The van der Waals surface area contributed by atoms with Gasteiger partial charge in [0.25, 0.3) is 5.91 Å². The van der Waals surface area contributed by atoms with Crippen LogP contribution in [0.3, 0.4) is 0 Å². The Morgan fingerprint density at radius 1 is 1.14 bits per heavy atom. The van der Waals surface area contributed by atoms with Crippen LogP contribution in [0.1, 0.15) is 68.0 Å².